The van der Waals surface area contributed by atoms with Gasteiger partial charge in [-0.3, -0.25) is 4.79 Å². The molecule has 3 unspecified atom stereocenters. The number of allylic oxidation sites excluding steroid dienone is 4. The minimum absolute atomic E-state index is 0.0337. The predicted octanol–water partition coefficient (Wildman–Crippen LogP) is 5.87. The SMILES string of the molecule is CCCCC/C=C\C/C=C\CCCCCCCC(=O)NC1C(=O)OC(C)C1C. The number of unbranched alkanes of at least 4 members (excludes halogenated alkanes) is 8. The standard InChI is InChI=1S/C24H41NO3/c1-4-5-6-7-8-9-10-11-12-13-14-15-16-17-18-19-22(26)25-23-20(2)21(3)28-24(23)27/h8-9,11-12,20-21,23H,4-7,10,13-19H2,1-3H3,(H,25,26)/b9-8-,12-11-. The highest BCUT2D eigenvalue weighted by Crippen LogP contribution is 2.21. The zero-order chi connectivity index (χ0) is 20.6. The molecule has 1 rings (SSSR count). The molecule has 1 saturated heterocycles. The molecule has 0 spiro atoms. The van der Waals surface area contributed by atoms with Crippen LogP contribution in [0.15, 0.2) is 24.3 Å². The van der Waals surface area contributed by atoms with E-state index in [2.05, 4.69) is 36.5 Å². The summed E-state index contributed by atoms with van der Waals surface area (Å²) < 4.78 is 5.16. The van der Waals surface area contributed by atoms with Crippen molar-refractivity contribution in [1.29, 1.82) is 0 Å². The fourth-order valence-corrected chi connectivity index (χ4v) is 3.38. The van der Waals surface area contributed by atoms with E-state index >= 15 is 0 Å². The molecule has 1 amide bonds. The van der Waals surface area contributed by atoms with Crippen LogP contribution in [0.1, 0.15) is 97.8 Å². The number of carbonyl (C=O) groups is 2. The maximum Gasteiger partial charge on any atom is 0.329 e. The topological polar surface area (TPSA) is 55.4 Å². The van der Waals surface area contributed by atoms with Crippen LogP contribution in [0.3, 0.4) is 0 Å². The van der Waals surface area contributed by atoms with Crippen molar-refractivity contribution >= 4 is 11.9 Å². The molecule has 0 aromatic carbocycles. The van der Waals surface area contributed by atoms with Crippen LogP contribution in [-0.4, -0.2) is 24.0 Å². The first-order valence-corrected chi connectivity index (χ1v) is 11.4. The highest BCUT2D eigenvalue weighted by Gasteiger charge is 2.40. The van der Waals surface area contributed by atoms with Gasteiger partial charge in [-0.2, -0.15) is 0 Å². The van der Waals surface area contributed by atoms with Crippen LogP contribution in [0.25, 0.3) is 0 Å². The van der Waals surface area contributed by atoms with Crippen molar-refractivity contribution in [3.8, 4) is 0 Å². The molecule has 1 aliphatic heterocycles. The Morgan fingerprint density at radius 3 is 2.14 bits per heavy atom. The van der Waals surface area contributed by atoms with Gasteiger partial charge in [0.05, 0.1) is 0 Å². The summed E-state index contributed by atoms with van der Waals surface area (Å²) >= 11 is 0. The molecule has 160 valence electrons. The van der Waals surface area contributed by atoms with Crippen LogP contribution in [-0.2, 0) is 14.3 Å². The zero-order valence-corrected chi connectivity index (χ0v) is 18.3. The van der Waals surface area contributed by atoms with E-state index in [1.165, 1.54) is 38.5 Å². The van der Waals surface area contributed by atoms with E-state index in [1.807, 2.05) is 13.8 Å². The summed E-state index contributed by atoms with van der Waals surface area (Å²) in [6, 6.07) is -0.472. The lowest BCUT2D eigenvalue weighted by Gasteiger charge is -2.14. The molecule has 4 heteroatoms. The number of nitrogens with one attached hydrogen (secondary N) is 1. The number of carbonyl (C=O) groups excluding carboxylic acids is 2. The van der Waals surface area contributed by atoms with Crippen molar-refractivity contribution < 1.29 is 14.3 Å². The third-order valence-corrected chi connectivity index (χ3v) is 5.49. The minimum atomic E-state index is -0.472. The Hall–Kier alpha value is -1.58. The van der Waals surface area contributed by atoms with Gasteiger partial charge >= 0.3 is 5.97 Å². The van der Waals surface area contributed by atoms with E-state index in [4.69, 9.17) is 4.74 Å². The Morgan fingerprint density at radius 1 is 0.929 bits per heavy atom. The third-order valence-electron chi connectivity index (χ3n) is 5.49. The van der Waals surface area contributed by atoms with Crippen LogP contribution >= 0.6 is 0 Å². The third kappa shape index (κ3) is 10.7. The lowest BCUT2D eigenvalue weighted by atomic mass is 10.00. The predicted molar refractivity (Wildman–Crippen MR) is 116 cm³/mol. The molecule has 4 nitrogen and oxygen atoms in total. The summed E-state index contributed by atoms with van der Waals surface area (Å²) in [7, 11) is 0. The number of ether oxygens (including phenoxy) is 1. The second-order valence-corrected chi connectivity index (χ2v) is 8.03. The quantitative estimate of drug-likeness (QED) is 0.216. The Balaban J connectivity index is 1.93. The van der Waals surface area contributed by atoms with Crippen molar-refractivity contribution in [1.82, 2.24) is 5.32 Å². The highest BCUT2D eigenvalue weighted by molar-refractivity contribution is 5.86. The van der Waals surface area contributed by atoms with Crippen molar-refractivity contribution in [3.05, 3.63) is 24.3 Å². The van der Waals surface area contributed by atoms with Gasteiger partial charge < -0.3 is 10.1 Å². The molecule has 0 aromatic rings. The molecular weight excluding hydrogens is 350 g/mol. The molecule has 3 atom stereocenters. The first-order chi connectivity index (χ1) is 13.6. The maximum absolute atomic E-state index is 12.0. The summed E-state index contributed by atoms with van der Waals surface area (Å²) in [5.41, 5.74) is 0. The van der Waals surface area contributed by atoms with E-state index < -0.39 is 6.04 Å². The van der Waals surface area contributed by atoms with Crippen LogP contribution in [0, 0.1) is 5.92 Å². The van der Waals surface area contributed by atoms with E-state index in [-0.39, 0.29) is 23.9 Å². The smallest absolute Gasteiger partial charge is 0.329 e. The first-order valence-electron chi connectivity index (χ1n) is 11.4. The van der Waals surface area contributed by atoms with E-state index in [1.54, 1.807) is 0 Å². The Morgan fingerprint density at radius 2 is 1.54 bits per heavy atom. The number of amides is 1. The molecule has 0 bridgehead atoms. The van der Waals surface area contributed by atoms with Crippen LogP contribution in [0.4, 0.5) is 0 Å². The highest BCUT2D eigenvalue weighted by atomic mass is 16.6. The Kier molecular flexibility index (Phi) is 13.4. The fourth-order valence-electron chi connectivity index (χ4n) is 3.38. The van der Waals surface area contributed by atoms with Crippen LogP contribution in [0.5, 0.6) is 0 Å². The molecule has 1 fully saturated rings. The van der Waals surface area contributed by atoms with Gasteiger partial charge in [-0.05, 0) is 45.4 Å². The molecule has 1 aliphatic rings. The lowest BCUT2D eigenvalue weighted by molar-refractivity contribution is -0.143. The lowest BCUT2D eigenvalue weighted by Crippen LogP contribution is -2.41. The molecule has 0 radical (unpaired) electrons. The minimum Gasteiger partial charge on any atom is -0.461 e. The van der Waals surface area contributed by atoms with Gasteiger partial charge in [0.1, 0.15) is 12.1 Å². The van der Waals surface area contributed by atoms with Gasteiger partial charge in [-0.1, -0.05) is 70.3 Å². The number of rotatable bonds is 15. The van der Waals surface area contributed by atoms with Crippen molar-refractivity contribution in [2.45, 2.75) is 110 Å². The van der Waals surface area contributed by atoms with Gasteiger partial charge in [-0.25, -0.2) is 4.79 Å². The van der Waals surface area contributed by atoms with Gasteiger partial charge in [0.2, 0.25) is 5.91 Å². The summed E-state index contributed by atoms with van der Waals surface area (Å²) in [6.45, 7) is 6.05. The number of hydrogen-bond acceptors (Lipinski definition) is 3. The second-order valence-electron chi connectivity index (χ2n) is 8.03. The average molecular weight is 392 g/mol. The molecule has 0 aromatic heterocycles. The van der Waals surface area contributed by atoms with Crippen molar-refractivity contribution in [2.24, 2.45) is 5.92 Å². The molecule has 0 aliphatic carbocycles. The molecular formula is C24H41NO3. The van der Waals surface area contributed by atoms with Crippen molar-refractivity contribution in [3.63, 3.8) is 0 Å². The second kappa shape index (κ2) is 15.4. The zero-order valence-electron chi connectivity index (χ0n) is 18.3. The van der Waals surface area contributed by atoms with Gasteiger partial charge in [0, 0.05) is 12.3 Å². The van der Waals surface area contributed by atoms with E-state index in [9.17, 15) is 9.59 Å². The number of hydrogen-bond donors (Lipinski definition) is 1. The fraction of sp³-hybridized carbons (Fsp3) is 0.750. The van der Waals surface area contributed by atoms with Gasteiger partial charge in [0.15, 0.2) is 0 Å². The van der Waals surface area contributed by atoms with E-state index in [0.29, 0.717) is 6.42 Å². The van der Waals surface area contributed by atoms with Gasteiger partial charge in [-0.15, -0.1) is 0 Å². The first kappa shape index (κ1) is 24.5. The number of esters is 1. The number of cyclic esters (lactones) is 1. The van der Waals surface area contributed by atoms with E-state index in [0.717, 1.165) is 32.1 Å². The van der Waals surface area contributed by atoms with Crippen LogP contribution in [0.2, 0.25) is 0 Å². The summed E-state index contributed by atoms with van der Waals surface area (Å²) in [5.74, 6) is -0.289. The monoisotopic (exact) mass is 391 g/mol. The normalized spacial score (nSPS) is 22.2. The maximum atomic E-state index is 12.0. The van der Waals surface area contributed by atoms with Crippen molar-refractivity contribution in [2.75, 3.05) is 0 Å². The average Bonchev–Trinajstić information content (AvgIpc) is 2.91. The van der Waals surface area contributed by atoms with Gasteiger partial charge in [0.25, 0.3) is 0 Å². The molecule has 0 saturated carbocycles. The molecule has 1 heterocycles. The molecule has 28 heavy (non-hydrogen) atoms. The largest absolute Gasteiger partial charge is 0.461 e. The molecule has 1 N–H and O–H groups in total. The summed E-state index contributed by atoms with van der Waals surface area (Å²) in [6.07, 6.45) is 22.4. The Labute approximate surface area is 172 Å². The summed E-state index contributed by atoms with van der Waals surface area (Å²) in [4.78, 5) is 23.7. The van der Waals surface area contributed by atoms with Crippen LogP contribution < -0.4 is 5.32 Å². The Bertz CT molecular complexity index is 498. The summed E-state index contributed by atoms with van der Waals surface area (Å²) in [5, 5.41) is 2.83.